The number of carboxylic acids is 1. The maximum Gasteiger partial charge on any atom is 0.317 e. The van der Waals surface area contributed by atoms with Crippen LogP contribution in [0, 0.1) is 0 Å². The summed E-state index contributed by atoms with van der Waals surface area (Å²) in [5.41, 5.74) is -0.388. The van der Waals surface area contributed by atoms with Crippen LogP contribution in [0.5, 0.6) is 0 Å². The van der Waals surface area contributed by atoms with Crippen molar-refractivity contribution in [1.29, 1.82) is 0 Å². The van der Waals surface area contributed by atoms with Gasteiger partial charge >= 0.3 is 12.0 Å². The van der Waals surface area contributed by atoms with Crippen molar-refractivity contribution in [2.75, 3.05) is 26.2 Å². The topological polar surface area (TPSA) is 81.7 Å². The van der Waals surface area contributed by atoms with Gasteiger partial charge in [-0.25, -0.2) is 4.79 Å². The van der Waals surface area contributed by atoms with Gasteiger partial charge in [-0.15, -0.1) is 0 Å². The first-order valence-corrected chi connectivity index (χ1v) is 6.77. The van der Waals surface area contributed by atoms with Gasteiger partial charge in [0.15, 0.2) is 0 Å². The molecule has 112 valence electrons. The fourth-order valence-corrected chi connectivity index (χ4v) is 1.63. The number of urea groups is 1. The van der Waals surface area contributed by atoms with E-state index in [4.69, 9.17) is 5.11 Å². The van der Waals surface area contributed by atoms with Crippen LogP contribution >= 0.6 is 0 Å². The van der Waals surface area contributed by atoms with Crippen LogP contribution in [0.25, 0.3) is 0 Å². The largest absolute Gasteiger partial charge is 0.481 e. The van der Waals surface area contributed by atoms with Crippen molar-refractivity contribution in [3.05, 3.63) is 0 Å². The number of rotatable bonds is 8. The summed E-state index contributed by atoms with van der Waals surface area (Å²) in [5, 5.41) is 14.7. The van der Waals surface area contributed by atoms with Crippen LogP contribution in [0.3, 0.4) is 0 Å². The van der Waals surface area contributed by atoms with Crippen molar-refractivity contribution in [2.24, 2.45) is 0 Å². The summed E-state index contributed by atoms with van der Waals surface area (Å²) >= 11 is 0. The minimum atomic E-state index is -0.894. The first-order chi connectivity index (χ1) is 8.79. The smallest absolute Gasteiger partial charge is 0.317 e. The van der Waals surface area contributed by atoms with Crippen LogP contribution in [0.15, 0.2) is 0 Å². The van der Waals surface area contributed by atoms with Gasteiger partial charge in [-0.3, -0.25) is 4.79 Å². The van der Waals surface area contributed by atoms with Crippen LogP contribution in [0.2, 0.25) is 0 Å². The molecular formula is C13H27N3O3. The highest BCUT2D eigenvalue weighted by Crippen LogP contribution is 2.13. The number of nitrogens with one attached hydrogen (secondary N) is 2. The molecule has 0 aromatic rings. The Labute approximate surface area is 115 Å². The van der Waals surface area contributed by atoms with E-state index >= 15 is 0 Å². The molecule has 2 amide bonds. The lowest BCUT2D eigenvalue weighted by Crippen LogP contribution is -2.51. The molecule has 0 spiro atoms. The first kappa shape index (κ1) is 17.7. The summed E-state index contributed by atoms with van der Waals surface area (Å²) in [4.78, 5) is 24.2. The zero-order valence-electron chi connectivity index (χ0n) is 12.5. The predicted molar refractivity (Wildman–Crippen MR) is 75.3 cm³/mol. The molecule has 3 N–H and O–H groups in total. The molecule has 0 rings (SSSR count). The second kappa shape index (κ2) is 8.74. The van der Waals surface area contributed by atoms with Gasteiger partial charge in [-0.2, -0.15) is 0 Å². The van der Waals surface area contributed by atoms with Crippen molar-refractivity contribution < 1.29 is 14.7 Å². The third kappa shape index (κ3) is 8.42. The van der Waals surface area contributed by atoms with E-state index in [-0.39, 0.29) is 24.5 Å². The Morgan fingerprint density at radius 3 is 2.32 bits per heavy atom. The van der Waals surface area contributed by atoms with E-state index in [0.29, 0.717) is 6.54 Å². The van der Waals surface area contributed by atoms with Crippen molar-refractivity contribution in [3.63, 3.8) is 0 Å². The Balaban J connectivity index is 4.20. The lowest BCUT2D eigenvalue weighted by Gasteiger charge is -2.35. The minimum absolute atomic E-state index is 0.0396. The molecular weight excluding hydrogens is 246 g/mol. The Kier molecular flexibility index (Phi) is 8.14. The number of carbonyl (C=O) groups excluding carboxylic acids is 1. The molecule has 0 saturated carbocycles. The maximum absolute atomic E-state index is 12.0. The highest BCUT2D eigenvalue weighted by molar-refractivity contribution is 5.76. The fraction of sp³-hybridized carbons (Fsp3) is 0.846. The summed E-state index contributed by atoms with van der Waals surface area (Å²) in [6, 6.07) is -0.203. The zero-order chi connectivity index (χ0) is 14.9. The van der Waals surface area contributed by atoms with Gasteiger partial charge in [-0.1, -0.05) is 6.92 Å². The van der Waals surface area contributed by atoms with E-state index in [1.165, 1.54) is 0 Å². The lowest BCUT2D eigenvalue weighted by molar-refractivity contribution is -0.137. The molecule has 0 fully saturated rings. The summed E-state index contributed by atoms with van der Waals surface area (Å²) in [6.45, 7) is 10.3. The van der Waals surface area contributed by atoms with Gasteiger partial charge < -0.3 is 20.6 Å². The third-order valence-corrected chi connectivity index (χ3v) is 2.66. The van der Waals surface area contributed by atoms with Gasteiger partial charge in [0.2, 0.25) is 0 Å². The molecule has 0 bridgehead atoms. The third-order valence-electron chi connectivity index (χ3n) is 2.66. The van der Waals surface area contributed by atoms with Gasteiger partial charge in [-0.05, 0) is 40.3 Å². The molecule has 0 atom stereocenters. The standard InChI is InChI=1S/C13H27N3O3/c1-5-14-8-6-9-15-12(19)16(13(2,3)4)10-7-11(17)18/h14H,5-10H2,1-4H3,(H,15,19)(H,17,18). The minimum Gasteiger partial charge on any atom is -0.481 e. The molecule has 0 aliphatic rings. The number of aliphatic carboxylic acids is 1. The highest BCUT2D eigenvalue weighted by Gasteiger charge is 2.26. The molecule has 0 aliphatic heterocycles. The van der Waals surface area contributed by atoms with E-state index in [9.17, 15) is 9.59 Å². The van der Waals surface area contributed by atoms with Gasteiger partial charge in [0, 0.05) is 18.6 Å². The zero-order valence-corrected chi connectivity index (χ0v) is 12.5. The molecule has 0 unspecified atom stereocenters. The number of hydrogen-bond acceptors (Lipinski definition) is 3. The number of carbonyl (C=O) groups is 2. The highest BCUT2D eigenvalue weighted by atomic mass is 16.4. The normalized spacial score (nSPS) is 11.2. The summed E-state index contributed by atoms with van der Waals surface area (Å²) in [6.07, 6.45) is 0.818. The summed E-state index contributed by atoms with van der Waals surface area (Å²) in [7, 11) is 0. The fourth-order valence-electron chi connectivity index (χ4n) is 1.63. The van der Waals surface area contributed by atoms with E-state index in [1.54, 1.807) is 4.90 Å². The van der Waals surface area contributed by atoms with E-state index < -0.39 is 5.97 Å². The Morgan fingerprint density at radius 1 is 1.21 bits per heavy atom. The van der Waals surface area contributed by atoms with Crippen LogP contribution in [0.1, 0.15) is 40.5 Å². The van der Waals surface area contributed by atoms with E-state index in [1.807, 2.05) is 27.7 Å². The number of nitrogens with zero attached hydrogens (tertiary/aromatic N) is 1. The number of carboxylic acid groups (broad SMARTS) is 1. The monoisotopic (exact) mass is 273 g/mol. The Hall–Kier alpha value is -1.30. The average Bonchev–Trinajstić information content (AvgIpc) is 2.26. The SMILES string of the molecule is CCNCCCNC(=O)N(CCC(=O)O)C(C)(C)C. The van der Waals surface area contributed by atoms with E-state index in [0.717, 1.165) is 19.5 Å². The van der Waals surface area contributed by atoms with Crippen molar-refractivity contribution in [2.45, 2.75) is 46.1 Å². The molecule has 6 nitrogen and oxygen atoms in total. The molecule has 0 aromatic carbocycles. The van der Waals surface area contributed by atoms with Gasteiger partial charge in [0.1, 0.15) is 0 Å². The van der Waals surface area contributed by atoms with Gasteiger partial charge in [0.05, 0.1) is 6.42 Å². The number of hydrogen-bond donors (Lipinski definition) is 3. The molecule has 0 aromatic heterocycles. The molecule has 0 saturated heterocycles. The predicted octanol–water partition coefficient (Wildman–Crippen LogP) is 1.27. The van der Waals surface area contributed by atoms with Gasteiger partial charge in [0.25, 0.3) is 0 Å². The summed E-state index contributed by atoms with van der Waals surface area (Å²) < 4.78 is 0. The molecule has 6 heteroatoms. The van der Waals surface area contributed by atoms with Crippen LogP contribution in [-0.4, -0.2) is 53.7 Å². The average molecular weight is 273 g/mol. The first-order valence-electron chi connectivity index (χ1n) is 6.77. The Bertz CT molecular complexity index is 287. The summed E-state index contributed by atoms with van der Waals surface area (Å²) in [5.74, 6) is -0.894. The lowest BCUT2D eigenvalue weighted by atomic mass is 10.1. The molecule has 0 radical (unpaired) electrons. The van der Waals surface area contributed by atoms with Crippen molar-refractivity contribution in [3.8, 4) is 0 Å². The Morgan fingerprint density at radius 2 is 1.84 bits per heavy atom. The van der Waals surface area contributed by atoms with Crippen LogP contribution in [0.4, 0.5) is 4.79 Å². The molecule has 19 heavy (non-hydrogen) atoms. The maximum atomic E-state index is 12.0. The van der Waals surface area contributed by atoms with Crippen molar-refractivity contribution in [1.82, 2.24) is 15.5 Å². The van der Waals surface area contributed by atoms with Crippen LogP contribution in [-0.2, 0) is 4.79 Å². The number of amides is 2. The molecule has 0 aliphatic carbocycles. The quantitative estimate of drug-likeness (QED) is 0.582. The second-order valence-electron chi connectivity index (χ2n) is 5.41. The van der Waals surface area contributed by atoms with Crippen molar-refractivity contribution >= 4 is 12.0 Å². The second-order valence-corrected chi connectivity index (χ2v) is 5.41. The molecule has 0 heterocycles. The van der Waals surface area contributed by atoms with E-state index in [2.05, 4.69) is 10.6 Å². The van der Waals surface area contributed by atoms with Crippen LogP contribution < -0.4 is 10.6 Å².